The average Bonchev–Trinajstić information content (AvgIpc) is 2.80. The Hall–Kier alpha value is -1.59. The van der Waals surface area contributed by atoms with E-state index in [1.807, 2.05) is 0 Å². The summed E-state index contributed by atoms with van der Waals surface area (Å²) in [5, 5.41) is 14.8. The molecule has 216 valence electrons. The number of carboxylic acid groups (broad SMARTS) is 2. The maximum absolute atomic E-state index is 12.6. The first-order valence-electron chi connectivity index (χ1n) is 14.8. The monoisotopic (exact) mass is 516 g/mol. The second-order valence-electron chi connectivity index (χ2n) is 9.78. The highest BCUT2D eigenvalue weighted by Gasteiger charge is 2.19. The summed E-state index contributed by atoms with van der Waals surface area (Å²) in [4.78, 5) is 30.6. The number of esters is 1. The van der Waals surface area contributed by atoms with Crippen LogP contribution in [0.4, 0.5) is 0 Å². The molecular formula is C30H60O6. The minimum absolute atomic E-state index is 0.0926. The van der Waals surface area contributed by atoms with Gasteiger partial charge in [0, 0.05) is 13.8 Å². The van der Waals surface area contributed by atoms with Crippen molar-refractivity contribution in [2.75, 3.05) is 6.61 Å². The van der Waals surface area contributed by atoms with Gasteiger partial charge in [-0.1, -0.05) is 130 Å². The normalized spacial score (nSPS) is 10.9. The molecule has 0 amide bonds. The van der Waals surface area contributed by atoms with Gasteiger partial charge in [0.05, 0.1) is 12.5 Å². The number of carbonyl (C=O) groups excluding carboxylic acids is 1. The van der Waals surface area contributed by atoms with Gasteiger partial charge in [-0.3, -0.25) is 14.4 Å². The first-order valence-corrected chi connectivity index (χ1v) is 14.8. The third-order valence-electron chi connectivity index (χ3n) is 5.89. The summed E-state index contributed by atoms with van der Waals surface area (Å²) < 4.78 is 5.65. The summed E-state index contributed by atoms with van der Waals surface area (Å²) in [6.07, 6.45) is 25.1. The molecule has 0 aliphatic rings. The van der Waals surface area contributed by atoms with Crippen molar-refractivity contribution in [3.63, 3.8) is 0 Å². The maximum Gasteiger partial charge on any atom is 0.308 e. The molecule has 2 N–H and O–H groups in total. The van der Waals surface area contributed by atoms with Gasteiger partial charge in [0.25, 0.3) is 11.9 Å². The Balaban J connectivity index is -0.00000118. The van der Waals surface area contributed by atoms with Crippen LogP contribution in [0.2, 0.25) is 0 Å². The number of hydrogen-bond donors (Lipinski definition) is 2. The van der Waals surface area contributed by atoms with Crippen LogP contribution in [0, 0.1) is 5.92 Å². The van der Waals surface area contributed by atoms with Gasteiger partial charge in [0.15, 0.2) is 0 Å². The highest BCUT2D eigenvalue weighted by atomic mass is 16.5. The van der Waals surface area contributed by atoms with E-state index in [2.05, 4.69) is 20.8 Å². The Kier molecular flexibility index (Phi) is 36.1. The Morgan fingerprint density at radius 2 is 0.806 bits per heavy atom. The lowest BCUT2D eigenvalue weighted by molar-refractivity contribution is -0.149. The third-order valence-corrected chi connectivity index (χ3v) is 5.89. The Morgan fingerprint density at radius 3 is 1.14 bits per heavy atom. The van der Waals surface area contributed by atoms with Gasteiger partial charge < -0.3 is 14.9 Å². The third kappa shape index (κ3) is 42.6. The van der Waals surface area contributed by atoms with Crippen molar-refractivity contribution < 1.29 is 29.3 Å². The second kappa shape index (κ2) is 33.4. The molecule has 1 unspecified atom stereocenters. The first-order chi connectivity index (χ1) is 17.2. The molecule has 0 fully saturated rings. The molecule has 36 heavy (non-hydrogen) atoms. The molecule has 6 heteroatoms. The number of unbranched alkanes of at least 4 members (excludes halogenated alkanes) is 15. The lowest BCUT2D eigenvalue weighted by atomic mass is 9.94. The van der Waals surface area contributed by atoms with Gasteiger partial charge in [0.1, 0.15) is 0 Å². The van der Waals surface area contributed by atoms with Gasteiger partial charge in [-0.15, -0.1) is 0 Å². The molecular weight excluding hydrogens is 456 g/mol. The SMILES string of the molecule is CC(=O)O.CC(=O)O.CCCCCCCCCC(CCCCCCCC)C(=O)OCCCCCCC. The van der Waals surface area contributed by atoms with Crippen molar-refractivity contribution in [1.82, 2.24) is 0 Å². The van der Waals surface area contributed by atoms with E-state index in [9.17, 15) is 4.79 Å². The van der Waals surface area contributed by atoms with Gasteiger partial charge in [-0.05, 0) is 19.3 Å². The molecule has 0 aliphatic heterocycles. The summed E-state index contributed by atoms with van der Waals surface area (Å²) in [6, 6.07) is 0. The van der Waals surface area contributed by atoms with Crippen LogP contribution in [-0.2, 0) is 19.1 Å². The molecule has 0 aromatic rings. The highest BCUT2D eigenvalue weighted by Crippen LogP contribution is 2.21. The Morgan fingerprint density at radius 1 is 0.528 bits per heavy atom. The smallest absolute Gasteiger partial charge is 0.308 e. The van der Waals surface area contributed by atoms with Crippen LogP contribution in [0.3, 0.4) is 0 Å². The molecule has 6 nitrogen and oxygen atoms in total. The summed E-state index contributed by atoms with van der Waals surface area (Å²) in [7, 11) is 0. The fraction of sp³-hybridized carbons (Fsp3) is 0.900. The van der Waals surface area contributed by atoms with E-state index in [4.69, 9.17) is 24.5 Å². The van der Waals surface area contributed by atoms with Crippen molar-refractivity contribution in [3.05, 3.63) is 0 Å². The van der Waals surface area contributed by atoms with E-state index in [1.54, 1.807) is 0 Å². The largest absolute Gasteiger partial charge is 0.481 e. The van der Waals surface area contributed by atoms with Crippen LogP contribution < -0.4 is 0 Å². The number of rotatable bonds is 22. The van der Waals surface area contributed by atoms with Crippen LogP contribution in [0.1, 0.15) is 163 Å². The predicted octanol–water partition coefficient (Wildman–Crippen LogP) is 9.19. The van der Waals surface area contributed by atoms with Gasteiger partial charge in [0.2, 0.25) is 0 Å². The number of carboxylic acids is 2. The zero-order valence-corrected chi connectivity index (χ0v) is 24.5. The lowest BCUT2D eigenvalue weighted by Gasteiger charge is -2.16. The summed E-state index contributed by atoms with van der Waals surface area (Å²) >= 11 is 0. The highest BCUT2D eigenvalue weighted by molar-refractivity contribution is 5.72. The van der Waals surface area contributed by atoms with Crippen molar-refractivity contribution in [3.8, 4) is 0 Å². The fourth-order valence-electron chi connectivity index (χ4n) is 3.90. The quantitative estimate of drug-likeness (QED) is 0.110. The molecule has 0 heterocycles. The van der Waals surface area contributed by atoms with E-state index in [0.29, 0.717) is 6.61 Å². The maximum atomic E-state index is 12.6. The molecule has 0 aromatic heterocycles. The summed E-state index contributed by atoms with van der Waals surface area (Å²) in [5.74, 6) is -1.42. The zero-order chi connectivity index (χ0) is 27.9. The van der Waals surface area contributed by atoms with Crippen LogP contribution in [-0.4, -0.2) is 34.7 Å². The number of aliphatic carboxylic acids is 2. The average molecular weight is 517 g/mol. The molecule has 0 spiro atoms. The first kappa shape index (κ1) is 38.9. The molecule has 0 bridgehead atoms. The molecule has 0 aliphatic carbocycles. The second-order valence-corrected chi connectivity index (χ2v) is 9.78. The fourth-order valence-corrected chi connectivity index (χ4v) is 3.90. The van der Waals surface area contributed by atoms with Crippen LogP contribution in [0.15, 0.2) is 0 Å². The van der Waals surface area contributed by atoms with Crippen molar-refractivity contribution in [1.29, 1.82) is 0 Å². The predicted molar refractivity (Wildman–Crippen MR) is 150 cm³/mol. The molecule has 0 radical (unpaired) electrons. The standard InChI is InChI=1S/C26H52O2.2C2H4O2/c1-4-7-10-13-15-17-20-23-25(22-19-16-14-11-8-5-2)26(27)28-24-21-18-12-9-6-3;2*1-2(3)4/h25H,4-24H2,1-3H3;2*1H3,(H,3,4). The van der Waals surface area contributed by atoms with E-state index in [-0.39, 0.29) is 11.9 Å². The molecule has 0 saturated heterocycles. The van der Waals surface area contributed by atoms with Gasteiger partial charge in [-0.25, -0.2) is 0 Å². The Bertz CT molecular complexity index is 458. The molecule has 1 atom stereocenters. The molecule has 0 rings (SSSR count). The van der Waals surface area contributed by atoms with Crippen molar-refractivity contribution in [2.45, 2.75) is 163 Å². The van der Waals surface area contributed by atoms with E-state index in [1.165, 1.54) is 109 Å². The van der Waals surface area contributed by atoms with Crippen molar-refractivity contribution in [2.24, 2.45) is 5.92 Å². The van der Waals surface area contributed by atoms with E-state index >= 15 is 0 Å². The summed E-state index contributed by atoms with van der Waals surface area (Å²) in [6.45, 7) is 9.56. The lowest BCUT2D eigenvalue weighted by Crippen LogP contribution is -2.18. The van der Waals surface area contributed by atoms with Gasteiger partial charge >= 0.3 is 5.97 Å². The number of carbonyl (C=O) groups is 3. The van der Waals surface area contributed by atoms with E-state index in [0.717, 1.165) is 33.1 Å². The number of ether oxygens (including phenoxy) is 1. The van der Waals surface area contributed by atoms with Crippen molar-refractivity contribution >= 4 is 17.9 Å². The minimum Gasteiger partial charge on any atom is -0.481 e. The minimum atomic E-state index is -0.833. The van der Waals surface area contributed by atoms with Gasteiger partial charge in [-0.2, -0.15) is 0 Å². The topological polar surface area (TPSA) is 101 Å². The van der Waals surface area contributed by atoms with Crippen LogP contribution in [0.25, 0.3) is 0 Å². The van der Waals surface area contributed by atoms with Crippen LogP contribution >= 0.6 is 0 Å². The molecule has 0 saturated carbocycles. The van der Waals surface area contributed by atoms with E-state index < -0.39 is 11.9 Å². The summed E-state index contributed by atoms with van der Waals surface area (Å²) in [5.41, 5.74) is 0. The zero-order valence-electron chi connectivity index (χ0n) is 24.5. The Labute approximate surface area is 223 Å². The number of hydrogen-bond acceptors (Lipinski definition) is 4. The van der Waals surface area contributed by atoms with Crippen LogP contribution in [0.5, 0.6) is 0 Å². The molecule has 0 aromatic carbocycles.